The zero-order chi connectivity index (χ0) is 14.2. The SMILES string of the molecule is CC(C)C(=O)Nc1ncnc2c1cnn2C(C)(C)C. The van der Waals surface area contributed by atoms with Gasteiger partial charge in [0.2, 0.25) is 5.91 Å². The van der Waals surface area contributed by atoms with Crippen molar-refractivity contribution >= 4 is 22.8 Å². The molecule has 0 spiro atoms. The van der Waals surface area contributed by atoms with Crippen LogP contribution in [0.5, 0.6) is 0 Å². The Labute approximate surface area is 112 Å². The van der Waals surface area contributed by atoms with E-state index >= 15 is 0 Å². The molecule has 2 rings (SSSR count). The van der Waals surface area contributed by atoms with Crippen molar-refractivity contribution in [3.05, 3.63) is 12.5 Å². The maximum atomic E-state index is 11.8. The van der Waals surface area contributed by atoms with E-state index in [0.29, 0.717) is 5.82 Å². The van der Waals surface area contributed by atoms with Crippen LogP contribution in [0.2, 0.25) is 0 Å². The second-order valence-corrected chi connectivity index (χ2v) is 5.83. The maximum absolute atomic E-state index is 11.8. The van der Waals surface area contributed by atoms with Gasteiger partial charge >= 0.3 is 0 Å². The number of carbonyl (C=O) groups excluding carboxylic acids is 1. The van der Waals surface area contributed by atoms with E-state index in [0.717, 1.165) is 11.0 Å². The summed E-state index contributed by atoms with van der Waals surface area (Å²) < 4.78 is 1.83. The van der Waals surface area contributed by atoms with Crippen molar-refractivity contribution in [1.82, 2.24) is 19.7 Å². The summed E-state index contributed by atoms with van der Waals surface area (Å²) in [4.78, 5) is 20.1. The van der Waals surface area contributed by atoms with E-state index in [-0.39, 0.29) is 17.4 Å². The molecule has 0 fully saturated rings. The zero-order valence-electron chi connectivity index (χ0n) is 11.9. The molecule has 0 aliphatic heterocycles. The van der Waals surface area contributed by atoms with Crippen molar-refractivity contribution in [2.45, 2.75) is 40.2 Å². The third-order valence-corrected chi connectivity index (χ3v) is 2.77. The van der Waals surface area contributed by atoms with Crippen LogP contribution in [0.3, 0.4) is 0 Å². The lowest BCUT2D eigenvalue weighted by Gasteiger charge is -2.19. The van der Waals surface area contributed by atoms with Gasteiger partial charge in [0.15, 0.2) is 5.65 Å². The Balaban J connectivity index is 2.48. The fraction of sp³-hybridized carbons (Fsp3) is 0.538. The lowest BCUT2D eigenvalue weighted by molar-refractivity contribution is -0.118. The van der Waals surface area contributed by atoms with Crippen molar-refractivity contribution in [3.63, 3.8) is 0 Å². The summed E-state index contributed by atoms with van der Waals surface area (Å²) in [5, 5.41) is 7.90. The smallest absolute Gasteiger partial charge is 0.228 e. The molecule has 1 N–H and O–H groups in total. The molecule has 0 saturated carbocycles. The molecule has 0 aliphatic rings. The first kappa shape index (κ1) is 13.5. The molecule has 0 aliphatic carbocycles. The van der Waals surface area contributed by atoms with Gasteiger partial charge in [0.25, 0.3) is 0 Å². The van der Waals surface area contributed by atoms with Crippen LogP contribution in [0, 0.1) is 5.92 Å². The van der Waals surface area contributed by atoms with E-state index < -0.39 is 0 Å². The summed E-state index contributed by atoms with van der Waals surface area (Å²) in [5.74, 6) is 0.352. The first-order valence-electron chi connectivity index (χ1n) is 6.31. The summed E-state index contributed by atoms with van der Waals surface area (Å²) in [7, 11) is 0. The standard InChI is InChI=1S/C13H19N5O/c1-8(2)12(19)17-10-9-6-16-18(13(3,4)5)11(9)15-7-14-10/h6-8H,1-5H3,(H,14,15,17,19). The third kappa shape index (κ3) is 2.57. The number of amides is 1. The van der Waals surface area contributed by atoms with E-state index in [1.54, 1.807) is 6.20 Å². The minimum atomic E-state index is -0.171. The molecule has 2 aromatic rings. The summed E-state index contributed by atoms with van der Waals surface area (Å²) in [5.41, 5.74) is 0.552. The second kappa shape index (κ2) is 4.60. The van der Waals surface area contributed by atoms with Crippen molar-refractivity contribution in [3.8, 4) is 0 Å². The number of anilines is 1. The summed E-state index contributed by atoms with van der Waals surface area (Å²) >= 11 is 0. The molecular formula is C13H19N5O. The minimum absolute atomic E-state index is 0.0662. The van der Waals surface area contributed by atoms with Crippen LogP contribution in [0.25, 0.3) is 11.0 Å². The number of rotatable bonds is 2. The molecule has 2 heterocycles. The van der Waals surface area contributed by atoms with Gasteiger partial charge in [0.05, 0.1) is 17.1 Å². The molecule has 0 atom stereocenters. The topological polar surface area (TPSA) is 72.7 Å². The monoisotopic (exact) mass is 261 g/mol. The van der Waals surface area contributed by atoms with Gasteiger partial charge in [0.1, 0.15) is 12.1 Å². The quantitative estimate of drug-likeness (QED) is 0.899. The Morgan fingerprint density at radius 2 is 2.00 bits per heavy atom. The molecular weight excluding hydrogens is 242 g/mol. The Morgan fingerprint density at radius 1 is 1.32 bits per heavy atom. The Bertz CT molecular complexity index is 609. The number of fused-ring (bicyclic) bond motifs is 1. The molecule has 1 amide bonds. The minimum Gasteiger partial charge on any atom is -0.310 e. The number of hydrogen-bond acceptors (Lipinski definition) is 4. The van der Waals surface area contributed by atoms with Gasteiger partial charge in [-0.1, -0.05) is 13.8 Å². The number of nitrogens with one attached hydrogen (secondary N) is 1. The van der Waals surface area contributed by atoms with E-state index in [1.807, 2.05) is 39.3 Å². The van der Waals surface area contributed by atoms with E-state index in [9.17, 15) is 4.79 Å². The van der Waals surface area contributed by atoms with E-state index in [4.69, 9.17) is 0 Å². The van der Waals surface area contributed by atoms with Crippen molar-refractivity contribution in [1.29, 1.82) is 0 Å². The highest BCUT2D eigenvalue weighted by molar-refractivity contribution is 5.98. The van der Waals surface area contributed by atoms with Crippen LogP contribution in [0.15, 0.2) is 12.5 Å². The predicted octanol–water partition coefficient (Wildman–Crippen LogP) is 2.18. The van der Waals surface area contributed by atoms with Gasteiger partial charge in [-0.05, 0) is 20.8 Å². The second-order valence-electron chi connectivity index (χ2n) is 5.83. The molecule has 0 radical (unpaired) electrons. The molecule has 0 saturated heterocycles. The molecule has 0 aromatic carbocycles. The fourth-order valence-electron chi connectivity index (χ4n) is 1.70. The summed E-state index contributed by atoms with van der Waals surface area (Å²) in [6.07, 6.45) is 3.14. The highest BCUT2D eigenvalue weighted by Gasteiger charge is 2.20. The van der Waals surface area contributed by atoms with Crippen molar-refractivity contribution in [2.75, 3.05) is 5.32 Å². The average Bonchev–Trinajstić information content (AvgIpc) is 2.73. The fourth-order valence-corrected chi connectivity index (χ4v) is 1.70. The molecule has 6 nitrogen and oxygen atoms in total. The van der Waals surface area contributed by atoms with Gasteiger partial charge in [0, 0.05) is 5.92 Å². The van der Waals surface area contributed by atoms with E-state index in [1.165, 1.54) is 6.33 Å². The van der Waals surface area contributed by atoms with E-state index in [2.05, 4.69) is 20.4 Å². The van der Waals surface area contributed by atoms with Crippen LogP contribution < -0.4 is 5.32 Å². The predicted molar refractivity (Wildman–Crippen MR) is 73.8 cm³/mol. The Kier molecular flexibility index (Phi) is 3.26. The first-order valence-corrected chi connectivity index (χ1v) is 6.31. The lowest BCUT2D eigenvalue weighted by atomic mass is 10.1. The molecule has 102 valence electrons. The Hall–Kier alpha value is -1.98. The highest BCUT2D eigenvalue weighted by Crippen LogP contribution is 2.24. The first-order chi connectivity index (χ1) is 8.80. The van der Waals surface area contributed by atoms with Crippen LogP contribution in [0.4, 0.5) is 5.82 Å². The van der Waals surface area contributed by atoms with Gasteiger partial charge < -0.3 is 5.32 Å². The van der Waals surface area contributed by atoms with Crippen LogP contribution >= 0.6 is 0 Å². The van der Waals surface area contributed by atoms with Crippen molar-refractivity contribution in [2.24, 2.45) is 5.92 Å². The normalized spacial score (nSPS) is 12.1. The summed E-state index contributed by atoms with van der Waals surface area (Å²) in [6.45, 7) is 9.83. The number of carbonyl (C=O) groups is 1. The molecule has 2 aromatic heterocycles. The van der Waals surface area contributed by atoms with Gasteiger partial charge in [-0.2, -0.15) is 5.10 Å². The van der Waals surface area contributed by atoms with Gasteiger partial charge in [-0.15, -0.1) is 0 Å². The van der Waals surface area contributed by atoms with Gasteiger partial charge in [-0.25, -0.2) is 14.6 Å². The molecule has 0 bridgehead atoms. The maximum Gasteiger partial charge on any atom is 0.228 e. The number of hydrogen-bond donors (Lipinski definition) is 1. The average molecular weight is 261 g/mol. The lowest BCUT2D eigenvalue weighted by Crippen LogP contribution is -2.23. The number of aromatic nitrogens is 4. The van der Waals surface area contributed by atoms with Crippen molar-refractivity contribution < 1.29 is 4.79 Å². The molecule has 19 heavy (non-hydrogen) atoms. The van der Waals surface area contributed by atoms with Crippen LogP contribution in [-0.2, 0) is 10.3 Å². The number of nitrogens with zero attached hydrogens (tertiary/aromatic N) is 4. The summed E-state index contributed by atoms with van der Waals surface area (Å²) in [6, 6.07) is 0. The molecule has 6 heteroatoms. The van der Waals surface area contributed by atoms with Gasteiger partial charge in [-0.3, -0.25) is 4.79 Å². The highest BCUT2D eigenvalue weighted by atomic mass is 16.1. The zero-order valence-corrected chi connectivity index (χ0v) is 11.9. The molecule has 0 unspecified atom stereocenters. The Morgan fingerprint density at radius 3 is 2.58 bits per heavy atom. The third-order valence-electron chi connectivity index (χ3n) is 2.77. The largest absolute Gasteiger partial charge is 0.310 e. The van der Waals surface area contributed by atoms with Crippen LogP contribution in [-0.4, -0.2) is 25.7 Å². The van der Waals surface area contributed by atoms with Crippen LogP contribution in [0.1, 0.15) is 34.6 Å².